The molecule has 0 saturated carbocycles. The van der Waals surface area contributed by atoms with Crippen molar-refractivity contribution in [1.29, 1.82) is 0 Å². The van der Waals surface area contributed by atoms with Crippen LogP contribution in [0, 0.1) is 0 Å². The molecule has 0 aliphatic heterocycles. The summed E-state index contributed by atoms with van der Waals surface area (Å²) in [5, 5.41) is 0. The fourth-order valence-electron chi connectivity index (χ4n) is 2.61. The van der Waals surface area contributed by atoms with E-state index in [-0.39, 0.29) is 12.4 Å². The normalized spacial score (nSPS) is 13.6. The van der Waals surface area contributed by atoms with Gasteiger partial charge in [0.2, 0.25) is 0 Å². The van der Waals surface area contributed by atoms with Gasteiger partial charge in [-0.15, -0.1) is 11.3 Å². The molecule has 166 valence electrons. The number of phosphoric ester groups is 1. The third-order valence-electron chi connectivity index (χ3n) is 4.30. The number of phosphoric acid groups is 1. The number of thiophene rings is 1. The van der Waals surface area contributed by atoms with E-state index in [1.807, 2.05) is 24.3 Å². The molecule has 1 aromatic carbocycles. The van der Waals surface area contributed by atoms with Gasteiger partial charge in [0.1, 0.15) is 11.5 Å². The van der Waals surface area contributed by atoms with E-state index in [9.17, 15) is 9.36 Å². The summed E-state index contributed by atoms with van der Waals surface area (Å²) < 4.78 is 26.1. The second-order valence-electron chi connectivity index (χ2n) is 7.24. The summed E-state index contributed by atoms with van der Waals surface area (Å²) in [5.41, 5.74) is 5.15. The molecule has 4 N–H and O–H groups in total. The fraction of sp³-hybridized carbons (Fsp3) is 0.450. The Balaban J connectivity index is 1.74. The molecule has 0 aliphatic rings. The predicted octanol–water partition coefficient (Wildman–Crippen LogP) is 3.56. The second-order valence-corrected chi connectivity index (χ2v) is 9.65. The molecule has 1 aromatic heterocycles. The average molecular weight is 457 g/mol. The number of aryl methyl sites for hydroxylation is 1. The molecular formula is C20H28NO7PS. The van der Waals surface area contributed by atoms with Crippen LogP contribution in [0.3, 0.4) is 0 Å². The van der Waals surface area contributed by atoms with Crippen molar-refractivity contribution >= 4 is 24.9 Å². The molecule has 0 amide bonds. The van der Waals surface area contributed by atoms with Gasteiger partial charge in [-0.25, -0.2) is 4.57 Å². The molecule has 0 radical (unpaired) electrons. The first-order valence-electron chi connectivity index (χ1n) is 9.46. The van der Waals surface area contributed by atoms with Gasteiger partial charge < -0.3 is 25.0 Å². The van der Waals surface area contributed by atoms with E-state index < -0.39 is 13.4 Å². The van der Waals surface area contributed by atoms with Crippen LogP contribution >= 0.6 is 19.2 Å². The molecule has 1 heterocycles. The first-order valence-corrected chi connectivity index (χ1v) is 11.8. The topological polar surface area (TPSA) is 128 Å². The van der Waals surface area contributed by atoms with Gasteiger partial charge in [0.15, 0.2) is 5.78 Å². The Labute approximate surface area is 180 Å². The molecule has 8 nitrogen and oxygen atoms in total. The molecule has 0 fully saturated rings. The van der Waals surface area contributed by atoms with E-state index in [1.54, 1.807) is 26.2 Å². The van der Waals surface area contributed by atoms with Gasteiger partial charge >= 0.3 is 7.82 Å². The number of benzene rings is 1. The van der Waals surface area contributed by atoms with Gasteiger partial charge in [-0.1, -0.05) is 6.07 Å². The van der Waals surface area contributed by atoms with Gasteiger partial charge in [-0.3, -0.25) is 9.32 Å². The Morgan fingerprint density at radius 3 is 2.67 bits per heavy atom. The van der Waals surface area contributed by atoms with Crippen molar-refractivity contribution in [1.82, 2.24) is 0 Å². The molecule has 30 heavy (non-hydrogen) atoms. The molecule has 2 aromatic rings. The number of carbonyl (C=O) groups excluding carboxylic acids is 1. The number of hydrogen-bond acceptors (Lipinski definition) is 7. The van der Waals surface area contributed by atoms with Crippen LogP contribution in [0.5, 0.6) is 11.5 Å². The summed E-state index contributed by atoms with van der Waals surface area (Å²) in [6.07, 6.45) is 2.04. The lowest BCUT2D eigenvalue weighted by molar-refractivity contribution is 0.0977. The Morgan fingerprint density at radius 1 is 1.23 bits per heavy atom. The highest BCUT2D eigenvalue weighted by Crippen LogP contribution is 2.37. The summed E-state index contributed by atoms with van der Waals surface area (Å²) in [6, 6.07) is 11.0. The van der Waals surface area contributed by atoms with E-state index in [0.717, 1.165) is 10.6 Å². The van der Waals surface area contributed by atoms with Crippen LogP contribution in [0.2, 0.25) is 0 Å². The zero-order chi connectivity index (χ0) is 22.2. The van der Waals surface area contributed by atoms with Crippen molar-refractivity contribution in [3.8, 4) is 11.5 Å². The number of hydrogen-bond donors (Lipinski definition) is 3. The molecule has 10 heteroatoms. The quantitative estimate of drug-likeness (QED) is 0.237. The Bertz CT molecular complexity index is 878. The van der Waals surface area contributed by atoms with Crippen LogP contribution in [0.25, 0.3) is 0 Å². The standard InChI is InChI=1S/C20H28NO7PS/c1-20(21,14-28-29(23,24)25)11-10-17-8-9-19(30-17)18(22)7-4-12-27-16-6-3-5-15(13-16)26-2/h3,5-6,8-9,13H,4,7,10-12,14,21H2,1-2H3,(H2,23,24,25). The van der Waals surface area contributed by atoms with Crippen molar-refractivity contribution in [2.45, 2.75) is 38.1 Å². The molecule has 0 saturated heterocycles. The predicted molar refractivity (Wildman–Crippen MR) is 115 cm³/mol. The maximum atomic E-state index is 12.4. The van der Waals surface area contributed by atoms with Crippen LogP contribution < -0.4 is 15.2 Å². The van der Waals surface area contributed by atoms with Gasteiger partial charge in [0, 0.05) is 22.9 Å². The third kappa shape index (κ3) is 8.95. The van der Waals surface area contributed by atoms with Crippen molar-refractivity contribution in [3.63, 3.8) is 0 Å². The zero-order valence-corrected chi connectivity index (χ0v) is 18.8. The maximum Gasteiger partial charge on any atom is 0.469 e. The van der Waals surface area contributed by atoms with Crippen molar-refractivity contribution < 1.29 is 33.1 Å². The second kappa shape index (κ2) is 11.0. The molecule has 0 aliphatic carbocycles. The number of methoxy groups -OCH3 is 1. The highest BCUT2D eigenvalue weighted by atomic mass is 32.1. The van der Waals surface area contributed by atoms with Gasteiger partial charge in [0.25, 0.3) is 0 Å². The molecular weight excluding hydrogens is 429 g/mol. The van der Waals surface area contributed by atoms with E-state index >= 15 is 0 Å². The summed E-state index contributed by atoms with van der Waals surface area (Å²) >= 11 is 1.41. The number of ketones is 1. The highest BCUT2D eigenvalue weighted by molar-refractivity contribution is 7.46. The van der Waals surface area contributed by atoms with E-state index in [4.69, 9.17) is 25.0 Å². The van der Waals surface area contributed by atoms with Crippen LogP contribution in [0.15, 0.2) is 36.4 Å². The number of nitrogens with two attached hydrogens (primary N) is 1. The molecule has 0 bridgehead atoms. The van der Waals surface area contributed by atoms with E-state index in [2.05, 4.69) is 4.52 Å². The largest absolute Gasteiger partial charge is 0.497 e. The minimum absolute atomic E-state index is 0.0563. The first-order chi connectivity index (χ1) is 14.1. The molecule has 2 rings (SSSR count). The van der Waals surface area contributed by atoms with Crippen molar-refractivity contribution in [2.75, 3.05) is 20.3 Å². The van der Waals surface area contributed by atoms with Crippen molar-refractivity contribution in [3.05, 3.63) is 46.2 Å². The summed E-state index contributed by atoms with van der Waals surface area (Å²) in [5.74, 6) is 1.48. The lowest BCUT2D eigenvalue weighted by atomic mass is 9.98. The van der Waals surface area contributed by atoms with Crippen LogP contribution in [-0.4, -0.2) is 41.4 Å². The minimum atomic E-state index is -4.54. The number of Topliss-reactive ketones (excluding diaryl/α,β-unsaturated/α-hetero) is 1. The third-order valence-corrected chi connectivity index (χ3v) is 5.95. The van der Waals surface area contributed by atoms with Gasteiger partial charge in [0.05, 0.1) is 25.2 Å². The Kier molecular flexibility index (Phi) is 9.03. The lowest BCUT2D eigenvalue weighted by Crippen LogP contribution is -2.41. The van der Waals surface area contributed by atoms with Crippen LogP contribution in [-0.2, 0) is 15.5 Å². The number of ether oxygens (including phenoxy) is 2. The van der Waals surface area contributed by atoms with Gasteiger partial charge in [-0.05, 0) is 50.5 Å². The molecule has 1 unspecified atom stereocenters. The van der Waals surface area contributed by atoms with Gasteiger partial charge in [-0.2, -0.15) is 0 Å². The summed E-state index contributed by atoms with van der Waals surface area (Å²) in [6.45, 7) is 1.86. The SMILES string of the molecule is COc1cccc(OCCCC(=O)c2ccc(CCC(C)(N)COP(=O)(O)O)s2)c1. The molecule has 1 atom stereocenters. The molecule has 0 spiro atoms. The monoisotopic (exact) mass is 457 g/mol. The Hall–Kier alpha value is -1.74. The lowest BCUT2D eigenvalue weighted by Gasteiger charge is -2.24. The maximum absolute atomic E-state index is 12.4. The first kappa shape index (κ1) is 24.5. The number of rotatable bonds is 13. The highest BCUT2D eigenvalue weighted by Gasteiger charge is 2.24. The van der Waals surface area contributed by atoms with Crippen LogP contribution in [0.1, 0.15) is 40.7 Å². The Morgan fingerprint density at radius 2 is 1.97 bits per heavy atom. The van der Waals surface area contributed by atoms with Crippen molar-refractivity contribution in [2.24, 2.45) is 5.73 Å². The zero-order valence-electron chi connectivity index (χ0n) is 17.1. The minimum Gasteiger partial charge on any atom is -0.497 e. The summed E-state index contributed by atoms with van der Waals surface area (Å²) in [4.78, 5) is 31.6. The fourth-order valence-corrected chi connectivity index (χ4v) is 4.05. The van der Waals surface area contributed by atoms with E-state index in [1.165, 1.54) is 11.3 Å². The average Bonchev–Trinajstić information content (AvgIpc) is 3.17. The number of carbonyl (C=O) groups is 1. The smallest absolute Gasteiger partial charge is 0.469 e. The summed E-state index contributed by atoms with van der Waals surface area (Å²) in [7, 11) is -2.95. The van der Waals surface area contributed by atoms with E-state index in [0.29, 0.717) is 42.9 Å². The van der Waals surface area contributed by atoms with Crippen LogP contribution in [0.4, 0.5) is 0 Å².